The fraction of sp³-hybridized carbons (Fsp3) is 0.938. The number of hydrogen-bond acceptors (Lipinski definition) is 21. The van der Waals surface area contributed by atoms with Crippen molar-refractivity contribution in [1.82, 2.24) is 10.6 Å². The number of nitrogens with one attached hydrogen (secondary N) is 2. The van der Waals surface area contributed by atoms with Crippen LogP contribution in [-0.2, 0) is 71.0 Å². The molecule has 0 spiro atoms. The minimum absolute atomic E-state index is 0.104. The summed E-state index contributed by atoms with van der Waals surface area (Å²) in [6.45, 7) is 11.2. The van der Waals surface area contributed by atoms with Gasteiger partial charge in [-0.2, -0.15) is 0 Å². The van der Waals surface area contributed by atoms with Crippen molar-refractivity contribution in [2.24, 2.45) is 0 Å². The molecule has 9 unspecified atom stereocenters. The van der Waals surface area contributed by atoms with Gasteiger partial charge in [-0.3, -0.25) is 33.3 Å². The van der Waals surface area contributed by atoms with Crippen molar-refractivity contribution in [3.8, 4) is 0 Å². The number of rotatable bonds is 84. The second-order valence-corrected chi connectivity index (χ2v) is 36.8. The normalized spacial score (nSPS) is 20.8. The third-order valence-electron chi connectivity index (χ3n) is 24.1. The zero-order valence-corrected chi connectivity index (χ0v) is 78.1. The van der Waals surface area contributed by atoms with Gasteiger partial charge in [-0.1, -0.05) is 388 Å². The zero-order valence-electron chi connectivity index (χ0n) is 77.2. The van der Waals surface area contributed by atoms with E-state index < -0.39 is 168 Å². The number of unbranched alkanes of at least 4 members (excludes halogenated alkanes) is 52. The van der Waals surface area contributed by atoms with Gasteiger partial charge in [-0.25, -0.2) is 0 Å². The molecule has 0 aromatic rings. The van der Waals surface area contributed by atoms with Crippen LogP contribution >= 0.6 is 7.82 Å². The summed E-state index contributed by atoms with van der Waals surface area (Å²) < 4.78 is 61.5. The van der Waals surface area contributed by atoms with E-state index in [9.17, 15) is 63.9 Å². The molecule has 712 valence electrons. The van der Waals surface area contributed by atoms with Crippen LogP contribution in [0.15, 0.2) is 0 Å². The average Bonchev–Trinajstić information content (AvgIpc) is 0.777. The molecule has 0 bridgehead atoms. The van der Waals surface area contributed by atoms with Gasteiger partial charge >= 0.3 is 23.9 Å². The molecule has 2 heterocycles. The number of ether oxygens (including phenoxy) is 7. The molecule has 121 heavy (non-hydrogen) atoms. The first kappa shape index (κ1) is 114. The van der Waals surface area contributed by atoms with Gasteiger partial charge in [0.05, 0.1) is 51.1 Å². The van der Waals surface area contributed by atoms with Crippen molar-refractivity contribution in [1.29, 1.82) is 0 Å². The fourth-order valence-corrected chi connectivity index (χ4v) is 17.3. The first-order valence-corrected chi connectivity index (χ1v) is 51.5. The predicted octanol–water partition coefficient (Wildman–Crippen LogP) is 20.6. The maximum absolute atomic E-state index is 15.1. The number of phosphoric ester groups is 1. The van der Waals surface area contributed by atoms with E-state index in [1.54, 1.807) is 0 Å². The van der Waals surface area contributed by atoms with Gasteiger partial charge in [0.25, 0.3) is 7.82 Å². The van der Waals surface area contributed by atoms with Crippen LogP contribution in [0.25, 0.3) is 0 Å². The van der Waals surface area contributed by atoms with Crippen molar-refractivity contribution in [2.45, 2.75) is 564 Å². The smallest absolute Gasteiger partial charge is 0.310 e. The van der Waals surface area contributed by atoms with E-state index >= 15 is 4.79 Å². The summed E-state index contributed by atoms with van der Waals surface area (Å²) in [5.74, 6) is -4.61. The Morgan fingerprint density at radius 3 is 1.03 bits per heavy atom. The number of carbonyl (C=O) groups excluding carboxylic acids is 6. The van der Waals surface area contributed by atoms with E-state index in [1.807, 2.05) is 0 Å². The molecule has 0 aliphatic carbocycles. The van der Waals surface area contributed by atoms with Crippen LogP contribution in [-0.4, -0.2) is 165 Å². The van der Waals surface area contributed by atoms with E-state index in [2.05, 4.69) is 52.2 Å². The monoisotopic (exact) mass is 1740 g/mol. The zero-order chi connectivity index (χ0) is 88.6. The Balaban J connectivity index is 2.73. The van der Waals surface area contributed by atoms with Gasteiger partial charge in [0.1, 0.15) is 48.7 Å². The minimum atomic E-state index is -5.87. The molecule has 0 aromatic heterocycles. The van der Waals surface area contributed by atoms with E-state index in [-0.39, 0.29) is 32.1 Å². The first-order chi connectivity index (χ1) is 58.6. The largest absolute Gasteiger partial charge is 0.756 e. The Morgan fingerprint density at radius 2 is 0.669 bits per heavy atom. The maximum atomic E-state index is 15.1. The summed E-state index contributed by atoms with van der Waals surface area (Å²) in [6.07, 6.45) is 40.2. The fourth-order valence-electron chi connectivity index (χ4n) is 16.7. The standard InChI is InChI=1S/C96H181N2O22P/c1-7-13-19-25-31-37-39-45-51-57-63-69-85(104)114-79(67-61-55-49-43-35-29-23-17-11-5)73-84(103)98-90-94(119-88(107)74-80(68-62-56-50-44-36-30-24-18-12-6)115-86(105)70-64-58-52-46-40-38-32-26-20-14-8-2)92(120-121(110,111)112)81(75-99)117-96(90)113-76-82-91(108)93(118-87(106)72-78(101)66-60-54-48-42-34-28-22-16-10-4)89(95(109)116-82)97-83(102)71-77(100)65-59-53-47-41-33-27-21-15-9-3/h77-82,89-96,99-101,108-109H,7-76H2,1-6H3,(H,97,102)(H,98,103)(H2,110,111,112)/p-1/t77?,78?,79?,80?,81?,82?,89?,90?,91-,92-,93-,94-,95+,96-/m1/s1. The van der Waals surface area contributed by atoms with Gasteiger partial charge in [0.2, 0.25) is 11.8 Å². The van der Waals surface area contributed by atoms with E-state index in [0.29, 0.717) is 44.9 Å². The number of hydrogen-bond donors (Lipinski definition) is 8. The molecular weight excluding hydrogens is 1560 g/mol. The Kier molecular flexibility index (Phi) is 72.0. The highest BCUT2D eigenvalue weighted by Crippen LogP contribution is 2.40. The van der Waals surface area contributed by atoms with Crippen LogP contribution in [0.2, 0.25) is 0 Å². The first-order valence-electron chi connectivity index (χ1n) is 50.0. The molecule has 25 heteroatoms. The highest BCUT2D eigenvalue weighted by atomic mass is 31.2. The molecule has 15 atom stereocenters. The number of aliphatic hydroxyl groups is 5. The van der Waals surface area contributed by atoms with E-state index in [0.717, 1.165) is 212 Å². The number of amides is 2. The number of phosphoric acid groups is 1. The molecule has 0 saturated carbocycles. The summed E-state index contributed by atoms with van der Waals surface area (Å²) in [7, 11) is -5.87. The highest BCUT2D eigenvalue weighted by molar-refractivity contribution is 7.44. The Labute approximate surface area is 733 Å². The van der Waals surface area contributed by atoms with Gasteiger partial charge in [0.15, 0.2) is 24.8 Å². The quantitative estimate of drug-likeness (QED) is 0.0121. The van der Waals surface area contributed by atoms with Crippen LogP contribution in [0.1, 0.15) is 478 Å². The van der Waals surface area contributed by atoms with Crippen molar-refractivity contribution >= 4 is 43.5 Å². The van der Waals surface area contributed by atoms with Crippen LogP contribution in [0.5, 0.6) is 0 Å². The molecule has 0 radical (unpaired) electrons. The van der Waals surface area contributed by atoms with Crippen LogP contribution in [0.3, 0.4) is 0 Å². The number of carbonyl (C=O) groups is 6. The van der Waals surface area contributed by atoms with Gasteiger partial charge in [0, 0.05) is 12.8 Å². The molecule has 2 amide bonds. The van der Waals surface area contributed by atoms with Crippen molar-refractivity contribution in [3.63, 3.8) is 0 Å². The molecule has 0 aromatic carbocycles. The summed E-state index contributed by atoms with van der Waals surface area (Å²) >= 11 is 0. The second kappa shape index (κ2) is 76.6. The lowest BCUT2D eigenvalue weighted by Crippen LogP contribution is -2.68. The number of esters is 4. The Morgan fingerprint density at radius 1 is 0.364 bits per heavy atom. The molecule has 2 aliphatic rings. The summed E-state index contributed by atoms with van der Waals surface area (Å²) in [5, 5.41) is 63.2. The second-order valence-electron chi connectivity index (χ2n) is 35.6. The van der Waals surface area contributed by atoms with Crippen LogP contribution in [0, 0.1) is 0 Å². The Bertz CT molecular complexity index is 2550. The third kappa shape index (κ3) is 60.9. The van der Waals surface area contributed by atoms with Crippen molar-refractivity contribution < 1.29 is 106 Å². The maximum Gasteiger partial charge on any atom is 0.310 e. The summed E-state index contributed by atoms with van der Waals surface area (Å²) in [6, 6.07) is -3.50. The SMILES string of the molecule is CCCCCCCCCCCCCC(=O)OC(CCCCCCCCCCC)CC(=O)NC1[C@H](OCC2O[C@H](O)C(NC(=O)CC(O)CCCCCCCCCCC)[C@@H](OC(=O)CC(O)CCCCCCCCCCC)[C@@H]2O)OC(CO)[C@@H](OP(=O)([O-])O)[C@@H]1OC(=O)CC(CCCCCCCCCCC)OC(=O)CCCCCCCCCCCCC. The van der Waals surface area contributed by atoms with Crippen molar-refractivity contribution in [3.05, 3.63) is 0 Å². The van der Waals surface area contributed by atoms with Crippen molar-refractivity contribution in [2.75, 3.05) is 13.2 Å². The molecular formula is C96H180N2O22P-. The van der Waals surface area contributed by atoms with Crippen LogP contribution in [0.4, 0.5) is 0 Å². The average molecular weight is 1750 g/mol. The lowest BCUT2D eigenvalue weighted by molar-refractivity contribution is -0.304. The molecule has 8 N–H and O–H groups in total. The molecule has 2 rings (SSSR count). The molecule has 24 nitrogen and oxygen atoms in total. The molecule has 2 saturated heterocycles. The van der Waals surface area contributed by atoms with Gasteiger partial charge < -0.3 is 83.6 Å². The summed E-state index contributed by atoms with van der Waals surface area (Å²) in [4.78, 5) is 109. The minimum Gasteiger partial charge on any atom is -0.756 e. The van der Waals surface area contributed by atoms with E-state index in [1.165, 1.54) is 122 Å². The highest BCUT2D eigenvalue weighted by Gasteiger charge is 2.53. The topological polar surface area (TPSA) is 362 Å². The third-order valence-corrected chi connectivity index (χ3v) is 24.6. The lowest BCUT2D eigenvalue weighted by atomic mass is 9.95. The van der Waals surface area contributed by atoms with Crippen LogP contribution < -0.4 is 15.5 Å². The number of aliphatic hydroxyl groups excluding tert-OH is 5. The van der Waals surface area contributed by atoms with Gasteiger partial charge in [-0.15, -0.1) is 0 Å². The van der Waals surface area contributed by atoms with Gasteiger partial charge in [-0.05, 0) is 51.4 Å². The molecule has 2 aliphatic heterocycles. The lowest BCUT2D eigenvalue weighted by Gasteiger charge is -2.47. The molecule has 2 fully saturated rings. The van der Waals surface area contributed by atoms with E-state index in [4.69, 9.17) is 37.7 Å². The predicted molar refractivity (Wildman–Crippen MR) is 477 cm³/mol. The summed E-state index contributed by atoms with van der Waals surface area (Å²) in [5.41, 5.74) is 0. The Hall–Kier alpha value is -3.39.